The smallest absolute Gasteiger partial charge is 0.339 e. The lowest BCUT2D eigenvalue weighted by Gasteiger charge is -2.12. The molecule has 1 aliphatic heterocycles. The van der Waals surface area contributed by atoms with E-state index in [9.17, 15) is 18.3 Å². The van der Waals surface area contributed by atoms with Gasteiger partial charge in [-0.15, -0.1) is 11.3 Å². The quantitative estimate of drug-likeness (QED) is 0.791. The molecule has 2 aromatic rings. The molecule has 0 aliphatic carbocycles. The van der Waals surface area contributed by atoms with Crippen LogP contribution in [-0.2, 0) is 23.0 Å². The SMILES string of the molecule is O=C(O)c1c(NS(=O)(=O)c2ccccc2)sc2c1CCNC2. The number of anilines is 1. The molecule has 2 heterocycles. The summed E-state index contributed by atoms with van der Waals surface area (Å²) in [6, 6.07) is 7.90. The maximum absolute atomic E-state index is 12.4. The van der Waals surface area contributed by atoms with E-state index in [1.807, 2.05) is 0 Å². The van der Waals surface area contributed by atoms with Crippen LogP contribution in [0.15, 0.2) is 35.2 Å². The molecule has 1 aromatic carbocycles. The summed E-state index contributed by atoms with van der Waals surface area (Å²) in [5.41, 5.74) is 0.794. The number of nitrogens with one attached hydrogen (secondary N) is 2. The molecule has 0 saturated carbocycles. The van der Waals surface area contributed by atoms with E-state index in [4.69, 9.17) is 0 Å². The average molecular weight is 338 g/mol. The zero-order valence-corrected chi connectivity index (χ0v) is 13.1. The van der Waals surface area contributed by atoms with Crippen LogP contribution in [0.5, 0.6) is 0 Å². The van der Waals surface area contributed by atoms with Crippen LogP contribution in [0.3, 0.4) is 0 Å². The van der Waals surface area contributed by atoms with Gasteiger partial charge < -0.3 is 10.4 Å². The van der Waals surface area contributed by atoms with Crippen molar-refractivity contribution in [2.75, 3.05) is 11.3 Å². The van der Waals surface area contributed by atoms with Crippen molar-refractivity contribution in [2.45, 2.75) is 17.9 Å². The molecule has 0 spiro atoms. The maximum Gasteiger partial charge on any atom is 0.339 e. The molecule has 116 valence electrons. The second kappa shape index (κ2) is 5.71. The number of aromatic carboxylic acids is 1. The first kappa shape index (κ1) is 15.0. The van der Waals surface area contributed by atoms with Crippen LogP contribution in [0, 0.1) is 0 Å². The van der Waals surface area contributed by atoms with Crippen LogP contribution in [0.25, 0.3) is 0 Å². The summed E-state index contributed by atoms with van der Waals surface area (Å²) in [7, 11) is -3.79. The summed E-state index contributed by atoms with van der Waals surface area (Å²) in [6.45, 7) is 1.25. The molecular weight excluding hydrogens is 324 g/mol. The molecule has 0 saturated heterocycles. The molecule has 0 unspecified atom stereocenters. The summed E-state index contributed by atoms with van der Waals surface area (Å²) in [5.74, 6) is -1.11. The van der Waals surface area contributed by atoms with E-state index in [0.29, 0.717) is 19.5 Å². The fourth-order valence-corrected chi connectivity index (χ4v) is 4.95. The molecule has 6 nitrogen and oxygen atoms in total. The second-order valence-corrected chi connectivity index (χ2v) is 7.65. The third kappa shape index (κ3) is 2.72. The van der Waals surface area contributed by atoms with Gasteiger partial charge in [-0.2, -0.15) is 0 Å². The fraction of sp³-hybridized carbons (Fsp3) is 0.214. The Hall–Kier alpha value is -1.90. The normalized spacial score (nSPS) is 14.4. The van der Waals surface area contributed by atoms with E-state index in [2.05, 4.69) is 10.0 Å². The summed E-state index contributed by atoms with van der Waals surface area (Å²) >= 11 is 1.18. The first-order valence-corrected chi connectivity index (χ1v) is 8.95. The first-order valence-electron chi connectivity index (χ1n) is 6.65. The van der Waals surface area contributed by atoms with Crippen molar-refractivity contribution in [1.82, 2.24) is 5.32 Å². The molecule has 3 rings (SSSR count). The van der Waals surface area contributed by atoms with Crippen molar-refractivity contribution in [3.63, 3.8) is 0 Å². The molecule has 0 radical (unpaired) electrons. The van der Waals surface area contributed by atoms with E-state index >= 15 is 0 Å². The van der Waals surface area contributed by atoms with Crippen molar-refractivity contribution in [1.29, 1.82) is 0 Å². The van der Waals surface area contributed by atoms with E-state index in [0.717, 1.165) is 10.4 Å². The number of carboxylic acid groups (broad SMARTS) is 1. The van der Waals surface area contributed by atoms with Gasteiger partial charge in [0.25, 0.3) is 10.0 Å². The Morgan fingerprint density at radius 2 is 2.00 bits per heavy atom. The number of thiophene rings is 1. The molecule has 1 aliphatic rings. The van der Waals surface area contributed by atoms with Crippen LogP contribution in [0.1, 0.15) is 20.8 Å². The molecule has 0 amide bonds. The second-order valence-electron chi connectivity index (χ2n) is 4.86. The number of benzene rings is 1. The van der Waals surface area contributed by atoms with Gasteiger partial charge in [0.1, 0.15) is 5.00 Å². The largest absolute Gasteiger partial charge is 0.478 e. The number of carbonyl (C=O) groups is 1. The van der Waals surface area contributed by atoms with Gasteiger partial charge in [0, 0.05) is 11.4 Å². The highest BCUT2D eigenvalue weighted by molar-refractivity contribution is 7.93. The minimum absolute atomic E-state index is 0.0704. The van der Waals surface area contributed by atoms with Gasteiger partial charge in [-0.3, -0.25) is 4.72 Å². The number of rotatable bonds is 4. The minimum Gasteiger partial charge on any atom is -0.478 e. The Bertz CT molecular complexity index is 813. The third-order valence-electron chi connectivity index (χ3n) is 3.42. The molecular formula is C14H14N2O4S2. The van der Waals surface area contributed by atoms with E-state index in [-0.39, 0.29) is 15.5 Å². The van der Waals surface area contributed by atoms with Crippen LogP contribution in [0.2, 0.25) is 0 Å². The van der Waals surface area contributed by atoms with Gasteiger partial charge in [-0.25, -0.2) is 13.2 Å². The third-order valence-corrected chi connectivity index (χ3v) is 6.06. The van der Waals surface area contributed by atoms with E-state index in [1.54, 1.807) is 18.2 Å². The number of hydrogen-bond acceptors (Lipinski definition) is 5. The van der Waals surface area contributed by atoms with Gasteiger partial charge in [-0.05, 0) is 30.7 Å². The maximum atomic E-state index is 12.4. The van der Waals surface area contributed by atoms with Gasteiger partial charge in [0.15, 0.2) is 0 Å². The summed E-state index contributed by atoms with van der Waals surface area (Å²) in [4.78, 5) is 12.5. The topological polar surface area (TPSA) is 95.5 Å². The van der Waals surface area contributed by atoms with Crippen molar-refractivity contribution < 1.29 is 18.3 Å². The predicted molar refractivity (Wildman–Crippen MR) is 83.9 cm³/mol. The van der Waals surface area contributed by atoms with Crippen molar-refractivity contribution in [3.8, 4) is 0 Å². The van der Waals surface area contributed by atoms with Gasteiger partial charge in [-0.1, -0.05) is 18.2 Å². The summed E-state index contributed by atoms with van der Waals surface area (Å²) < 4.78 is 27.2. The monoisotopic (exact) mass is 338 g/mol. The molecule has 3 N–H and O–H groups in total. The molecule has 0 fully saturated rings. The zero-order valence-electron chi connectivity index (χ0n) is 11.5. The summed E-state index contributed by atoms with van der Waals surface area (Å²) in [5, 5.41) is 12.8. The highest BCUT2D eigenvalue weighted by Gasteiger charge is 2.27. The zero-order chi connectivity index (χ0) is 15.7. The molecule has 8 heteroatoms. The lowest BCUT2D eigenvalue weighted by atomic mass is 10.0. The average Bonchev–Trinajstić information content (AvgIpc) is 2.85. The highest BCUT2D eigenvalue weighted by Crippen LogP contribution is 2.36. The molecule has 0 atom stereocenters. The van der Waals surface area contributed by atoms with Gasteiger partial charge in [0.2, 0.25) is 0 Å². The lowest BCUT2D eigenvalue weighted by molar-refractivity contribution is 0.0697. The predicted octanol–water partition coefficient (Wildman–Crippen LogP) is 1.89. The molecule has 0 bridgehead atoms. The van der Waals surface area contributed by atoms with Gasteiger partial charge in [0.05, 0.1) is 10.5 Å². The van der Waals surface area contributed by atoms with Crippen LogP contribution >= 0.6 is 11.3 Å². The van der Waals surface area contributed by atoms with E-state index in [1.165, 1.54) is 23.5 Å². The van der Waals surface area contributed by atoms with Crippen LogP contribution in [-0.4, -0.2) is 26.0 Å². The first-order chi connectivity index (χ1) is 10.5. The Morgan fingerprint density at radius 3 is 2.68 bits per heavy atom. The fourth-order valence-electron chi connectivity index (χ4n) is 2.41. The number of hydrogen-bond donors (Lipinski definition) is 3. The Balaban J connectivity index is 2.02. The molecule has 22 heavy (non-hydrogen) atoms. The molecule has 1 aromatic heterocycles. The number of sulfonamides is 1. The van der Waals surface area contributed by atoms with Gasteiger partial charge >= 0.3 is 5.97 Å². The lowest BCUT2D eigenvalue weighted by Crippen LogP contribution is -2.23. The standard InChI is InChI=1S/C14H14N2O4S2/c17-14(18)12-10-6-7-15-8-11(10)21-13(12)16-22(19,20)9-4-2-1-3-5-9/h1-5,15-16H,6-8H2,(H,17,18). The van der Waals surface area contributed by atoms with Crippen LogP contribution < -0.4 is 10.0 Å². The summed E-state index contributed by atoms with van der Waals surface area (Å²) in [6.07, 6.45) is 0.584. The van der Waals surface area contributed by atoms with Crippen molar-refractivity contribution in [2.24, 2.45) is 0 Å². The van der Waals surface area contributed by atoms with E-state index < -0.39 is 16.0 Å². The Morgan fingerprint density at radius 1 is 1.27 bits per heavy atom. The number of fused-ring (bicyclic) bond motifs is 1. The van der Waals surface area contributed by atoms with Crippen molar-refractivity contribution >= 4 is 32.3 Å². The minimum atomic E-state index is -3.79. The highest BCUT2D eigenvalue weighted by atomic mass is 32.2. The number of carboxylic acids is 1. The Kier molecular flexibility index (Phi) is 3.90. The Labute approximate surface area is 131 Å². The van der Waals surface area contributed by atoms with Crippen LogP contribution in [0.4, 0.5) is 5.00 Å². The van der Waals surface area contributed by atoms with Crippen molar-refractivity contribution in [3.05, 3.63) is 46.3 Å².